The maximum atomic E-state index is 12.2. The van der Waals surface area contributed by atoms with Crippen LogP contribution in [0.4, 0.5) is 0 Å². The highest BCUT2D eigenvalue weighted by molar-refractivity contribution is 5.94. The van der Waals surface area contributed by atoms with Crippen LogP contribution in [0.1, 0.15) is 41.7 Å². The van der Waals surface area contributed by atoms with Gasteiger partial charge in [-0.2, -0.15) is 4.98 Å². The molecule has 2 aromatic heterocycles. The van der Waals surface area contributed by atoms with Crippen LogP contribution in [-0.4, -0.2) is 25.6 Å². The Morgan fingerprint density at radius 1 is 1.16 bits per heavy atom. The molecule has 9 nitrogen and oxygen atoms in total. The maximum Gasteiger partial charge on any atom is 0.316 e. The minimum Gasteiger partial charge on any atom is -0.343 e. The van der Waals surface area contributed by atoms with Crippen molar-refractivity contribution in [3.05, 3.63) is 80.2 Å². The van der Waals surface area contributed by atoms with E-state index in [4.69, 9.17) is 4.52 Å². The van der Waals surface area contributed by atoms with Crippen LogP contribution < -0.4 is 16.4 Å². The van der Waals surface area contributed by atoms with Crippen LogP contribution in [0.5, 0.6) is 0 Å². The van der Waals surface area contributed by atoms with Gasteiger partial charge in [0.1, 0.15) is 0 Å². The number of aromatic amines is 1. The van der Waals surface area contributed by atoms with Crippen LogP contribution in [0, 0.1) is 6.92 Å². The summed E-state index contributed by atoms with van der Waals surface area (Å²) in [5.41, 5.74) is 2.04. The van der Waals surface area contributed by atoms with Crippen LogP contribution >= 0.6 is 0 Å². The normalized spacial score (nSPS) is 11.2. The van der Waals surface area contributed by atoms with Crippen LogP contribution in [0.15, 0.2) is 56.6 Å². The molecule has 158 valence electrons. The van der Waals surface area contributed by atoms with Crippen molar-refractivity contribution in [3.8, 4) is 11.4 Å². The van der Waals surface area contributed by atoms with Gasteiger partial charge in [0.05, 0.1) is 17.6 Å². The molecule has 0 spiro atoms. The van der Waals surface area contributed by atoms with Gasteiger partial charge >= 0.3 is 11.1 Å². The Morgan fingerprint density at radius 2 is 1.90 bits per heavy atom. The molecule has 31 heavy (non-hydrogen) atoms. The molecule has 9 heteroatoms. The second-order valence-corrected chi connectivity index (χ2v) is 7.52. The maximum absolute atomic E-state index is 12.2. The SMILES string of the molecule is Cc1ccc(C(=O)NCc2nc(-c3ccc4c(c3)[nH]c(=O)c(=O)n4C(C)C)no2)cc1. The molecule has 0 unspecified atom stereocenters. The molecule has 0 aliphatic rings. The van der Waals surface area contributed by atoms with Crippen molar-refractivity contribution >= 4 is 16.9 Å². The summed E-state index contributed by atoms with van der Waals surface area (Å²) in [6, 6.07) is 12.2. The topological polar surface area (TPSA) is 123 Å². The highest BCUT2D eigenvalue weighted by atomic mass is 16.5. The summed E-state index contributed by atoms with van der Waals surface area (Å²) >= 11 is 0. The van der Waals surface area contributed by atoms with Crippen LogP contribution in [-0.2, 0) is 6.54 Å². The number of nitrogens with one attached hydrogen (secondary N) is 2. The Bertz CT molecular complexity index is 1380. The van der Waals surface area contributed by atoms with Gasteiger partial charge in [0.25, 0.3) is 5.91 Å². The first kappa shape index (κ1) is 20.3. The molecule has 4 aromatic rings. The molecule has 2 heterocycles. The molecule has 0 aliphatic carbocycles. The zero-order chi connectivity index (χ0) is 22.1. The van der Waals surface area contributed by atoms with E-state index in [2.05, 4.69) is 20.4 Å². The Labute approximate surface area is 176 Å². The van der Waals surface area contributed by atoms with Gasteiger partial charge in [-0.05, 0) is 51.1 Å². The predicted octanol–water partition coefficient (Wildman–Crippen LogP) is 2.56. The van der Waals surface area contributed by atoms with E-state index in [9.17, 15) is 14.4 Å². The predicted molar refractivity (Wildman–Crippen MR) is 115 cm³/mol. The van der Waals surface area contributed by atoms with E-state index in [1.165, 1.54) is 4.57 Å². The lowest BCUT2D eigenvalue weighted by Crippen LogP contribution is -2.37. The largest absolute Gasteiger partial charge is 0.343 e. The Balaban J connectivity index is 1.56. The number of amides is 1. The molecule has 0 saturated heterocycles. The fourth-order valence-electron chi connectivity index (χ4n) is 3.30. The van der Waals surface area contributed by atoms with E-state index in [1.54, 1.807) is 30.3 Å². The first-order valence-corrected chi connectivity index (χ1v) is 9.80. The van der Waals surface area contributed by atoms with Gasteiger partial charge in [-0.25, -0.2) is 0 Å². The van der Waals surface area contributed by atoms with Crippen molar-refractivity contribution in [3.63, 3.8) is 0 Å². The molecule has 0 fully saturated rings. The summed E-state index contributed by atoms with van der Waals surface area (Å²) in [5, 5.41) is 6.70. The number of hydrogen-bond donors (Lipinski definition) is 2. The smallest absolute Gasteiger partial charge is 0.316 e. The monoisotopic (exact) mass is 419 g/mol. The molecule has 2 aromatic carbocycles. The Hall–Kier alpha value is -4.01. The van der Waals surface area contributed by atoms with E-state index in [1.807, 2.05) is 32.9 Å². The van der Waals surface area contributed by atoms with E-state index in [0.29, 0.717) is 28.0 Å². The number of benzene rings is 2. The number of hydrogen-bond acceptors (Lipinski definition) is 6. The summed E-state index contributed by atoms with van der Waals surface area (Å²) in [4.78, 5) is 43.3. The average Bonchev–Trinajstić information content (AvgIpc) is 3.22. The highest BCUT2D eigenvalue weighted by Gasteiger charge is 2.14. The second kappa shape index (κ2) is 8.02. The summed E-state index contributed by atoms with van der Waals surface area (Å²) in [7, 11) is 0. The van der Waals surface area contributed by atoms with Gasteiger partial charge in [-0.3, -0.25) is 19.0 Å². The zero-order valence-electron chi connectivity index (χ0n) is 17.3. The van der Waals surface area contributed by atoms with Gasteiger partial charge in [-0.1, -0.05) is 22.9 Å². The second-order valence-electron chi connectivity index (χ2n) is 7.52. The van der Waals surface area contributed by atoms with Crippen molar-refractivity contribution in [2.24, 2.45) is 0 Å². The quantitative estimate of drug-likeness (QED) is 0.479. The molecule has 4 rings (SSSR count). The number of carbonyl (C=O) groups excluding carboxylic acids is 1. The fraction of sp³-hybridized carbons (Fsp3) is 0.227. The van der Waals surface area contributed by atoms with Gasteiger partial charge in [-0.15, -0.1) is 0 Å². The van der Waals surface area contributed by atoms with Gasteiger partial charge < -0.3 is 14.8 Å². The molecule has 0 radical (unpaired) electrons. The molecular weight excluding hydrogens is 398 g/mol. The zero-order valence-corrected chi connectivity index (χ0v) is 17.3. The molecule has 0 bridgehead atoms. The van der Waals surface area contributed by atoms with Crippen molar-refractivity contribution in [2.75, 3.05) is 0 Å². The number of nitrogens with zero attached hydrogens (tertiary/aromatic N) is 3. The van der Waals surface area contributed by atoms with Crippen molar-refractivity contribution < 1.29 is 9.32 Å². The van der Waals surface area contributed by atoms with Crippen LogP contribution in [0.25, 0.3) is 22.4 Å². The van der Waals surface area contributed by atoms with E-state index < -0.39 is 11.1 Å². The standard InChI is InChI=1S/C22H21N5O4/c1-12(2)27-17-9-8-15(10-16(17)24-21(29)22(27)30)19-25-18(31-26-19)11-23-20(28)14-6-4-13(3)5-7-14/h4-10,12H,11H2,1-3H3,(H,23,28)(H,24,29). The lowest BCUT2D eigenvalue weighted by atomic mass is 10.1. The number of fused-ring (bicyclic) bond motifs is 1. The van der Waals surface area contributed by atoms with E-state index in [0.717, 1.165) is 5.56 Å². The third-order valence-electron chi connectivity index (χ3n) is 4.87. The van der Waals surface area contributed by atoms with Crippen LogP contribution in [0.3, 0.4) is 0 Å². The van der Waals surface area contributed by atoms with E-state index >= 15 is 0 Å². The third-order valence-corrected chi connectivity index (χ3v) is 4.87. The molecule has 0 saturated carbocycles. The molecule has 0 atom stereocenters. The van der Waals surface area contributed by atoms with Crippen LogP contribution in [0.2, 0.25) is 0 Å². The third kappa shape index (κ3) is 4.02. The van der Waals surface area contributed by atoms with Crippen molar-refractivity contribution in [2.45, 2.75) is 33.4 Å². The van der Waals surface area contributed by atoms with Gasteiger partial charge in [0, 0.05) is 17.2 Å². The van der Waals surface area contributed by atoms with Gasteiger partial charge in [0.2, 0.25) is 11.7 Å². The Morgan fingerprint density at radius 3 is 2.61 bits per heavy atom. The van der Waals surface area contributed by atoms with Crippen molar-refractivity contribution in [1.29, 1.82) is 0 Å². The number of H-pyrrole nitrogens is 1. The number of aryl methyl sites for hydroxylation is 1. The number of rotatable bonds is 5. The number of carbonyl (C=O) groups is 1. The molecular formula is C22H21N5O4. The average molecular weight is 419 g/mol. The fourth-order valence-corrected chi connectivity index (χ4v) is 3.30. The lowest BCUT2D eigenvalue weighted by molar-refractivity contribution is 0.0946. The van der Waals surface area contributed by atoms with E-state index in [-0.39, 0.29) is 24.4 Å². The molecule has 1 amide bonds. The first-order chi connectivity index (χ1) is 14.8. The van der Waals surface area contributed by atoms with Gasteiger partial charge in [0.15, 0.2) is 0 Å². The minimum atomic E-state index is -0.689. The summed E-state index contributed by atoms with van der Waals surface area (Å²) in [6.45, 7) is 5.71. The van der Waals surface area contributed by atoms with Crippen molar-refractivity contribution in [1.82, 2.24) is 25.0 Å². The molecule has 0 aliphatic heterocycles. The molecule has 2 N–H and O–H groups in total. The summed E-state index contributed by atoms with van der Waals surface area (Å²) in [6.07, 6.45) is 0. The summed E-state index contributed by atoms with van der Waals surface area (Å²) < 4.78 is 6.68. The number of aromatic nitrogens is 4. The Kier molecular flexibility index (Phi) is 5.24. The highest BCUT2D eigenvalue weighted by Crippen LogP contribution is 2.21. The lowest BCUT2D eigenvalue weighted by Gasteiger charge is -2.13. The minimum absolute atomic E-state index is 0.0804. The summed E-state index contributed by atoms with van der Waals surface area (Å²) in [5.74, 6) is 0.315. The first-order valence-electron chi connectivity index (χ1n) is 9.80.